The highest BCUT2D eigenvalue weighted by atomic mass is 32.2. The molecule has 6 nitrogen and oxygen atoms in total. The van der Waals surface area contributed by atoms with Crippen molar-refractivity contribution in [2.75, 3.05) is 19.0 Å². The molecular weight excluding hydrogens is 310 g/mol. The maximum atomic E-state index is 12.4. The van der Waals surface area contributed by atoms with Crippen LogP contribution in [0.15, 0.2) is 22.7 Å². The predicted molar refractivity (Wildman–Crippen MR) is 80.2 cm³/mol. The number of nitrogens with zero attached hydrogens (tertiary/aromatic N) is 3. The van der Waals surface area contributed by atoms with Crippen LogP contribution in [0, 0.1) is 0 Å². The van der Waals surface area contributed by atoms with Crippen LogP contribution in [-0.4, -0.2) is 42.1 Å². The van der Waals surface area contributed by atoms with Crippen molar-refractivity contribution in [3.63, 3.8) is 0 Å². The van der Waals surface area contributed by atoms with Crippen LogP contribution in [0.1, 0.15) is 25.8 Å². The normalized spacial score (nSPS) is 15.5. The van der Waals surface area contributed by atoms with Gasteiger partial charge in [0.15, 0.2) is 5.82 Å². The minimum atomic E-state index is -3.47. The molecule has 0 saturated heterocycles. The molecule has 21 heavy (non-hydrogen) atoms. The Hall–Kier alpha value is -1.25. The Morgan fingerprint density at radius 3 is 2.86 bits per heavy atom. The fourth-order valence-corrected chi connectivity index (χ4v) is 4.05. The van der Waals surface area contributed by atoms with Crippen molar-refractivity contribution in [1.82, 2.24) is 14.8 Å². The molecule has 8 heteroatoms. The number of thiophene rings is 1. The molecule has 0 N–H and O–H groups in total. The highest BCUT2D eigenvalue weighted by molar-refractivity contribution is 7.91. The molecule has 2 aromatic rings. The SMILES string of the molecule is CCOCCS(=O)(=O)c1nnc(-c2cccs2)n1C1CC1. The molecule has 0 atom stereocenters. The van der Waals surface area contributed by atoms with E-state index in [1.807, 2.05) is 24.4 Å². The first kappa shape index (κ1) is 14.7. The van der Waals surface area contributed by atoms with Gasteiger partial charge in [-0.1, -0.05) is 6.07 Å². The maximum Gasteiger partial charge on any atom is 0.250 e. The lowest BCUT2D eigenvalue weighted by Gasteiger charge is -2.08. The van der Waals surface area contributed by atoms with Gasteiger partial charge in [-0.15, -0.1) is 21.5 Å². The van der Waals surface area contributed by atoms with Gasteiger partial charge in [0, 0.05) is 12.6 Å². The van der Waals surface area contributed by atoms with Gasteiger partial charge < -0.3 is 4.74 Å². The zero-order chi connectivity index (χ0) is 14.9. The Labute approximate surface area is 127 Å². The Morgan fingerprint density at radius 2 is 2.24 bits per heavy atom. The first-order chi connectivity index (χ1) is 10.1. The molecule has 0 spiro atoms. The van der Waals surface area contributed by atoms with E-state index in [9.17, 15) is 8.42 Å². The lowest BCUT2D eigenvalue weighted by Crippen LogP contribution is -2.17. The molecule has 114 valence electrons. The number of sulfone groups is 1. The van der Waals surface area contributed by atoms with Crippen molar-refractivity contribution in [3.05, 3.63) is 17.5 Å². The third kappa shape index (κ3) is 3.02. The van der Waals surface area contributed by atoms with Crippen LogP contribution in [0.2, 0.25) is 0 Å². The number of hydrogen-bond donors (Lipinski definition) is 0. The molecule has 0 aromatic carbocycles. The van der Waals surface area contributed by atoms with Crippen LogP contribution >= 0.6 is 11.3 Å². The predicted octanol–water partition coefficient (Wildman–Crippen LogP) is 2.15. The topological polar surface area (TPSA) is 74.1 Å². The second-order valence-electron chi connectivity index (χ2n) is 4.90. The smallest absolute Gasteiger partial charge is 0.250 e. The zero-order valence-corrected chi connectivity index (χ0v) is 13.4. The summed E-state index contributed by atoms with van der Waals surface area (Å²) in [6, 6.07) is 4.06. The van der Waals surface area contributed by atoms with Crippen LogP contribution < -0.4 is 0 Å². The Morgan fingerprint density at radius 1 is 1.43 bits per heavy atom. The lowest BCUT2D eigenvalue weighted by atomic mass is 10.4. The number of ether oxygens (including phenoxy) is 1. The minimum absolute atomic E-state index is 0.0594. The average molecular weight is 327 g/mol. The Kier molecular flexibility index (Phi) is 4.10. The van der Waals surface area contributed by atoms with E-state index < -0.39 is 9.84 Å². The Bertz CT molecular complexity index is 703. The van der Waals surface area contributed by atoms with Crippen molar-refractivity contribution in [2.24, 2.45) is 0 Å². The van der Waals surface area contributed by atoms with E-state index in [0.29, 0.717) is 12.4 Å². The third-order valence-corrected chi connectivity index (χ3v) is 5.70. The van der Waals surface area contributed by atoms with Crippen molar-refractivity contribution in [3.8, 4) is 10.7 Å². The quantitative estimate of drug-likeness (QED) is 0.729. The Balaban J connectivity index is 1.96. The van der Waals surface area contributed by atoms with Crippen molar-refractivity contribution < 1.29 is 13.2 Å². The van der Waals surface area contributed by atoms with Gasteiger partial charge in [-0.3, -0.25) is 4.57 Å². The summed E-state index contributed by atoms with van der Waals surface area (Å²) < 4.78 is 31.8. The van der Waals surface area contributed by atoms with E-state index in [1.165, 1.54) is 11.3 Å². The molecule has 0 bridgehead atoms. The molecule has 0 aliphatic heterocycles. The van der Waals surface area contributed by atoms with Crippen LogP contribution in [0.4, 0.5) is 0 Å². The van der Waals surface area contributed by atoms with E-state index in [1.54, 1.807) is 4.57 Å². The molecule has 1 saturated carbocycles. The van der Waals surface area contributed by atoms with E-state index in [4.69, 9.17) is 4.74 Å². The van der Waals surface area contributed by atoms with Crippen LogP contribution in [0.5, 0.6) is 0 Å². The van der Waals surface area contributed by atoms with E-state index in [-0.39, 0.29) is 23.6 Å². The van der Waals surface area contributed by atoms with Crippen molar-refractivity contribution >= 4 is 21.2 Å². The highest BCUT2D eigenvalue weighted by Crippen LogP contribution is 2.40. The molecule has 0 amide bonds. The first-order valence-electron chi connectivity index (χ1n) is 6.92. The number of rotatable bonds is 7. The van der Waals surface area contributed by atoms with Crippen LogP contribution in [0.25, 0.3) is 10.7 Å². The number of hydrogen-bond acceptors (Lipinski definition) is 6. The largest absolute Gasteiger partial charge is 0.381 e. The minimum Gasteiger partial charge on any atom is -0.381 e. The van der Waals surface area contributed by atoms with Gasteiger partial charge >= 0.3 is 0 Å². The zero-order valence-electron chi connectivity index (χ0n) is 11.7. The van der Waals surface area contributed by atoms with Gasteiger partial charge in [-0.25, -0.2) is 8.42 Å². The van der Waals surface area contributed by atoms with E-state index in [0.717, 1.165) is 17.7 Å². The lowest BCUT2D eigenvalue weighted by molar-refractivity contribution is 0.163. The molecule has 1 aliphatic rings. The van der Waals surface area contributed by atoms with Crippen molar-refractivity contribution in [2.45, 2.75) is 31.0 Å². The molecule has 0 radical (unpaired) electrons. The number of aromatic nitrogens is 3. The van der Waals surface area contributed by atoms with Crippen LogP contribution in [-0.2, 0) is 14.6 Å². The summed E-state index contributed by atoms with van der Waals surface area (Å²) >= 11 is 1.54. The maximum absolute atomic E-state index is 12.4. The average Bonchev–Trinajstić information content (AvgIpc) is 2.99. The molecule has 2 aromatic heterocycles. The second kappa shape index (κ2) is 5.86. The summed E-state index contributed by atoms with van der Waals surface area (Å²) in [5.41, 5.74) is 0. The monoisotopic (exact) mass is 327 g/mol. The summed E-state index contributed by atoms with van der Waals surface area (Å²) in [5, 5.41) is 10.1. The van der Waals surface area contributed by atoms with Crippen LogP contribution in [0.3, 0.4) is 0 Å². The molecule has 1 fully saturated rings. The fraction of sp³-hybridized carbons (Fsp3) is 0.538. The molecule has 0 unspecified atom stereocenters. The molecule has 3 rings (SSSR count). The molecule has 1 aliphatic carbocycles. The summed E-state index contributed by atoms with van der Waals surface area (Å²) in [7, 11) is -3.47. The standard InChI is InChI=1S/C13H17N3O3S2/c1-2-19-7-9-21(17,18)13-15-14-12(11-4-3-8-20-11)16(13)10-5-6-10/h3-4,8,10H,2,5-7,9H2,1H3. The van der Waals surface area contributed by atoms with Gasteiger partial charge in [-0.2, -0.15) is 0 Å². The first-order valence-corrected chi connectivity index (χ1v) is 9.46. The fourth-order valence-electron chi connectivity index (χ4n) is 2.13. The second-order valence-corrected chi connectivity index (χ2v) is 7.85. The summed E-state index contributed by atoms with van der Waals surface area (Å²) in [6.07, 6.45) is 1.95. The summed E-state index contributed by atoms with van der Waals surface area (Å²) in [4.78, 5) is 0.945. The van der Waals surface area contributed by atoms with Gasteiger partial charge in [0.2, 0.25) is 15.0 Å². The summed E-state index contributed by atoms with van der Waals surface area (Å²) in [6.45, 7) is 2.53. The van der Waals surface area contributed by atoms with Crippen molar-refractivity contribution in [1.29, 1.82) is 0 Å². The highest BCUT2D eigenvalue weighted by Gasteiger charge is 2.34. The summed E-state index contributed by atoms with van der Waals surface area (Å²) in [5.74, 6) is 0.596. The van der Waals surface area contributed by atoms with E-state index >= 15 is 0 Å². The third-order valence-electron chi connectivity index (χ3n) is 3.30. The van der Waals surface area contributed by atoms with Gasteiger partial charge in [-0.05, 0) is 31.2 Å². The molecular formula is C13H17N3O3S2. The molecule has 2 heterocycles. The van der Waals surface area contributed by atoms with Gasteiger partial charge in [0.1, 0.15) is 0 Å². The van der Waals surface area contributed by atoms with E-state index in [2.05, 4.69) is 10.2 Å². The van der Waals surface area contributed by atoms with Gasteiger partial charge in [0.05, 0.1) is 17.2 Å². The van der Waals surface area contributed by atoms with Gasteiger partial charge in [0.25, 0.3) is 0 Å².